The van der Waals surface area contributed by atoms with E-state index >= 15 is 0 Å². The normalized spacial score (nSPS) is 11.0. The van der Waals surface area contributed by atoms with E-state index < -0.39 is 0 Å². The van der Waals surface area contributed by atoms with Crippen LogP contribution in [-0.2, 0) is 0 Å². The highest BCUT2D eigenvalue weighted by molar-refractivity contribution is 7.11. The van der Waals surface area contributed by atoms with Crippen LogP contribution < -0.4 is 9.47 Å². The molecule has 0 spiro atoms. The molecule has 102 valence electrons. The monoisotopic (exact) mass is 286 g/mol. The van der Waals surface area contributed by atoms with Crippen LogP contribution in [0.2, 0.25) is 0 Å². The second-order valence-electron chi connectivity index (χ2n) is 4.11. The lowest BCUT2D eigenvalue weighted by Gasteiger charge is -2.06. The topological polar surface area (TPSA) is 55.1 Å². The first-order valence-electron chi connectivity index (χ1n) is 5.93. The molecule has 0 saturated carbocycles. The Kier molecular flexibility index (Phi) is 4.38. The minimum absolute atomic E-state index is 0.526. The number of hydrogen-bond acceptors (Lipinski definition) is 5. The van der Waals surface area contributed by atoms with E-state index in [4.69, 9.17) is 9.47 Å². The molecule has 0 atom stereocenters. The van der Waals surface area contributed by atoms with Crippen LogP contribution in [0.5, 0.6) is 11.5 Å². The van der Waals surface area contributed by atoms with Gasteiger partial charge < -0.3 is 9.47 Å². The van der Waals surface area contributed by atoms with Crippen LogP contribution in [0.4, 0.5) is 0 Å². The largest absolute Gasteiger partial charge is 0.497 e. The zero-order valence-corrected chi connectivity index (χ0v) is 12.3. The number of ether oxygens (including phenoxy) is 2. The Bertz CT molecular complexity index is 661. The third-order valence-electron chi connectivity index (χ3n) is 2.65. The molecule has 1 heterocycles. The smallest absolute Gasteiger partial charge is 0.134 e. The molecule has 2 aromatic rings. The highest BCUT2D eigenvalue weighted by Gasteiger charge is 2.07. The van der Waals surface area contributed by atoms with Crippen LogP contribution in [0.1, 0.15) is 16.3 Å². The quantitative estimate of drug-likeness (QED) is 0.807. The second kappa shape index (κ2) is 6.22. The number of rotatable bonds is 4. The van der Waals surface area contributed by atoms with Gasteiger partial charge in [0, 0.05) is 17.1 Å². The van der Waals surface area contributed by atoms with E-state index in [9.17, 15) is 5.26 Å². The number of aromatic nitrogens is 1. The summed E-state index contributed by atoms with van der Waals surface area (Å²) in [6.07, 6.45) is 1.78. The lowest BCUT2D eigenvalue weighted by Crippen LogP contribution is -1.89. The standard InChI is InChI=1S/C15H14N2O2S/c1-10-9-20-15(17-10)12(8-16)4-11-5-13(18-2)7-14(6-11)19-3/h4-7,9H,1-3H3. The SMILES string of the molecule is COc1cc(C=C(C#N)c2nc(C)cs2)cc(OC)c1. The van der Waals surface area contributed by atoms with Crippen molar-refractivity contribution in [3.05, 3.63) is 39.8 Å². The van der Waals surface area contributed by atoms with Gasteiger partial charge in [-0.25, -0.2) is 4.98 Å². The van der Waals surface area contributed by atoms with Gasteiger partial charge in [0.15, 0.2) is 0 Å². The predicted octanol–water partition coefficient (Wildman–Crippen LogP) is 3.53. The van der Waals surface area contributed by atoms with Crippen molar-refractivity contribution in [3.63, 3.8) is 0 Å². The number of nitrogens with zero attached hydrogens (tertiary/aromatic N) is 2. The van der Waals surface area contributed by atoms with Crippen molar-refractivity contribution >= 4 is 23.0 Å². The van der Waals surface area contributed by atoms with Gasteiger partial charge in [-0.1, -0.05) is 0 Å². The van der Waals surface area contributed by atoms with Crippen LogP contribution in [-0.4, -0.2) is 19.2 Å². The number of nitriles is 1. The van der Waals surface area contributed by atoms with E-state index in [0.29, 0.717) is 22.1 Å². The molecule has 0 aliphatic rings. The Morgan fingerprint density at radius 3 is 2.35 bits per heavy atom. The summed E-state index contributed by atoms with van der Waals surface area (Å²) in [6.45, 7) is 1.91. The molecule has 0 bridgehead atoms. The number of aryl methyl sites for hydroxylation is 1. The third kappa shape index (κ3) is 3.16. The minimum Gasteiger partial charge on any atom is -0.497 e. The minimum atomic E-state index is 0.526. The Morgan fingerprint density at radius 2 is 1.90 bits per heavy atom. The summed E-state index contributed by atoms with van der Waals surface area (Å²) in [6, 6.07) is 7.67. The predicted molar refractivity (Wildman–Crippen MR) is 79.9 cm³/mol. The fraction of sp³-hybridized carbons (Fsp3) is 0.200. The molecule has 0 saturated heterocycles. The van der Waals surface area contributed by atoms with Crippen LogP contribution in [0.15, 0.2) is 23.6 Å². The molecule has 1 aromatic carbocycles. The van der Waals surface area contributed by atoms with Crippen LogP contribution in [0.3, 0.4) is 0 Å². The Balaban J connectivity index is 2.44. The molecule has 0 unspecified atom stereocenters. The summed E-state index contributed by atoms with van der Waals surface area (Å²) in [5.41, 5.74) is 2.28. The van der Waals surface area contributed by atoms with Crippen molar-refractivity contribution in [1.82, 2.24) is 4.98 Å². The highest BCUT2D eigenvalue weighted by Crippen LogP contribution is 2.27. The number of hydrogen-bond donors (Lipinski definition) is 0. The molecule has 0 aliphatic heterocycles. The maximum absolute atomic E-state index is 9.29. The summed E-state index contributed by atoms with van der Waals surface area (Å²) in [5, 5.41) is 11.9. The molecule has 1 aromatic heterocycles. The molecule has 2 rings (SSSR count). The maximum atomic E-state index is 9.29. The third-order valence-corrected chi connectivity index (χ3v) is 3.65. The molecule has 0 N–H and O–H groups in total. The van der Waals surface area contributed by atoms with Crippen molar-refractivity contribution in [3.8, 4) is 17.6 Å². The van der Waals surface area contributed by atoms with E-state index in [1.165, 1.54) is 11.3 Å². The molecule has 0 amide bonds. The highest BCUT2D eigenvalue weighted by atomic mass is 32.1. The molecule has 0 radical (unpaired) electrons. The molecule has 0 aliphatic carbocycles. The molecule has 5 heteroatoms. The Morgan fingerprint density at radius 1 is 1.25 bits per heavy atom. The fourth-order valence-electron chi connectivity index (χ4n) is 1.70. The molecular formula is C15H14N2O2S. The van der Waals surface area contributed by atoms with Crippen LogP contribution in [0, 0.1) is 18.3 Å². The molecule has 4 nitrogen and oxygen atoms in total. The second-order valence-corrected chi connectivity index (χ2v) is 4.97. The first kappa shape index (κ1) is 14.1. The van der Waals surface area contributed by atoms with E-state index in [-0.39, 0.29) is 0 Å². The number of thiazole rings is 1. The first-order chi connectivity index (χ1) is 9.66. The van der Waals surface area contributed by atoms with E-state index in [2.05, 4.69) is 11.1 Å². The van der Waals surface area contributed by atoms with E-state index in [1.807, 2.05) is 24.4 Å². The van der Waals surface area contributed by atoms with Gasteiger partial charge in [0.1, 0.15) is 22.6 Å². The van der Waals surface area contributed by atoms with Crippen LogP contribution in [0.25, 0.3) is 11.6 Å². The summed E-state index contributed by atoms with van der Waals surface area (Å²) in [5.74, 6) is 1.37. The Labute approximate surface area is 121 Å². The van der Waals surface area contributed by atoms with Gasteiger partial charge in [-0.3, -0.25) is 0 Å². The van der Waals surface area contributed by atoms with Gasteiger partial charge in [0.25, 0.3) is 0 Å². The zero-order valence-electron chi connectivity index (χ0n) is 11.5. The lowest BCUT2D eigenvalue weighted by molar-refractivity contribution is 0.394. The van der Waals surface area contributed by atoms with Gasteiger partial charge in [0.05, 0.1) is 19.8 Å². The average molecular weight is 286 g/mol. The summed E-state index contributed by atoms with van der Waals surface area (Å²) in [7, 11) is 3.19. The lowest BCUT2D eigenvalue weighted by atomic mass is 10.1. The van der Waals surface area contributed by atoms with Crippen molar-refractivity contribution in [1.29, 1.82) is 5.26 Å². The van der Waals surface area contributed by atoms with Gasteiger partial charge in [-0.05, 0) is 30.7 Å². The van der Waals surface area contributed by atoms with Crippen molar-refractivity contribution < 1.29 is 9.47 Å². The van der Waals surface area contributed by atoms with E-state index in [1.54, 1.807) is 26.4 Å². The van der Waals surface area contributed by atoms with Crippen molar-refractivity contribution in [2.75, 3.05) is 14.2 Å². The van der Waals surface area contributed by atoms with Gasteiger partial charge in [-0.2, -0.15) is 5.26 Å². The zero-order chi connectivity index (χ0) is 14.5. The van der Waals surface area contributed by atoms with Gasteiger partial charge in [-0.15, -0.1) is 11.3 Å². The number of benzene rings is 1. The van der Waals surface area contributed by atoms with E-state index in [0.717, 1.165) is 11.3 Å². The van der Waals surface area contributed by atoms with Gasteiger partial charge >= 0.3 is 0 Å². The van der Waals surface area contributed by atoms with Crippen molar-refractivity contribution in [2.24, 2.45) is 0 Å². The summed E-state index contributed by atoms with van der Waals surface area (Å²) < 4.78 is 10.4. The summed E-state index contributed by atoms with van der Waals surface area (Å²) >= 11 is 1.46. The van der Waals surface area contributed by atoms with Crippen molar-refractivity contribution in [2.45, 2.75) is 6.92 Å². The van der Waals surface area contributed by atoms with Crippen LogP contribution >= 0.6 is 11.3 Å². The summed E-state index contributed by atoms with van der Waals surface area (Å²) in [4.78, 5) is 4.33. The molecular weight excluding hydrogens is 272 g/mol. The maximum Gasteiger partial charge on any atom is 0.134 e. The average Bonchev–Trinajstić information content (AvgIpc) is 2.90. The van der Waals surface area contributed by atoms with Gasteiger partial charge in [0.2, 0.25) is 0 Å². The first-order valence-corrected chi connectivity index (χ1v) is 6.81. The Hall–Kier alpha value is -2.32. The molecule has 0 fully saturated rings. The number of allylic oxidation sites excluding steroid dienone is 1. The molecule has 20 heavy (non-hydrogen) atoms. The fourth-order valence-corrected chi connectivity index (χ4v) is 2.46. The number of methoxy groups -OCH3 is 2.